The molecule has 5 N–H and O–H groups in total. The van der Waals surface area contributed by atoms with Crippen molar-refractivity contribution < 1.29 is 19.8 Å². The van der Waals surface area contributed by atoms with Crippen molar-refractivity contribution in [3.63, 3.8) is 0 Å². The van der Waals surface area contributed by atoms with Crippen molar-refractivity contribution in [1.82, 2.24) is 5.32 Å². The van der Waals surface area contributed by atoms with E-state index in [9.17, 15) is 9.59 Å². The van der Waals surface area contributed by atoms with Crippen LogP contribution in [0.3, 0.4) is 0 Å². The molecule has 0 aliphatic heterocycles. The zero-order valence-corrected chi connectivity index (χ0v) is 11.0. The molecule has 20 heavy (non-hydrogen) atoms. The van der Waals surface area contributed by atoms with Crippen LogP contribution in [0.1, 0.15) is 12.0 Å². The Morgan fingerprint density at radius 3 is 2.45 bits per heavy atom. The second-order valence-electron chi connectivity index (χ2n) is 4.40. The molecule has 2 atom stereocenters. The Bertz CT molecular complexity index is 484. The number of carboxylic acid groups (broad SMARTS) is 1. The summed E-state index contributed by atoms with van der Waals surface area (Å²) in [5.74, 6) is -1.54. The van der Waals surface area contributed by atoms with Gasteiger partial charge in [-0.1, -0.05) is 18.2 Å². The number of carbonyl (C=O) groups is 2. The van der Waals surface area contributed by atoms with E-state index in [1.165, 1.54) is 18.2 Å². The van der Waals surface area contributed by atoms with Gasteiger partial charge in [0.25, 0.3) is 0 Å². The molecule has 2 unspecified atom stereocenters. The number of nitrogens with two attached hydrogens (primary N) is 1. The Labute approximate surface area is 116 Å². The Kier molecular flexibility index (Phi) is 5.74. The van der Waals surface area contributed by atoms with Gasteiger partial charge in [-0.25, -0.2) is 4.79 Å². The van der Waals surface area contributed by atoms with E-state index < -0.39 is 24.0 Å². The molecule has 1 amide bonds. The number of amides is 1. The van der Waals surface area contributed by atoms with Gasteiger partial charge in [0.15, 0.2) is 0 Å². The molecule has 0 bridgehead atoms. The SMILES string of the molecule is C=CCC(NC(=O)C(N)Cc1ccc(O)cc1)C(=O)O. The van der Waals surface area contributed by atoms with Gasteiger partial charge in [0.2, 0.25) is 5.91 Å². The number of rotatable bonds is 7. The summed E-state index contributed by atoms with van der Waals surface area (Å²) in [4.78, 5) is 22.7. The lowest BCUT2D eigenvalue weighted by molar-refractivity contribution is -0.141. The number of benzene rings is 1. The van der Waals surface area contributed by atoms with Crippen LogP contribution in [0.4, 0.5) is 0 Å². The summed E-state index contributed by atoms with van der Waals surface area (Å²) in [6.07, 6.45) is 1.81. The summed E-state index contributed by atoms with van der Waals surface area (Å²) in [5.41, 5.74) is 6.52. The summed E-state index contributed by atoms with van der Waals surface area (Å²) in [7, 11) is 0. The minimum Gasteiger partial charge on any atom is -0.508 e. The second kappa shape index (κ2) is 7.30. The Morgan fingerprint density at radius 2 is 1.95 bits per heavy atom. The van der Waals surface area contributed by atoms with Gasteiger partial charge in [0.1, 0.15) is 11.8 Å². The van der Waals surface area contributed by atoms with Gasteiger partial charge in [-0.15, -0.1) is 6.58 Å². The Morgan fingerprint density at radius 1 is 1.35 bits per heavy atom. The normalized spacial score (nSPS) is 13.2. The molecule has 0 aliphatic carbocycles. The van der Waals surface area contributed by atoms with E-state index in [2.05, 4.69) is 11.9 Å². The van der Waals surface area contributed by atoms with Crippen LogP contribution in [0.5, 0.6) is 5.75 Å². The number of aromatic hydroxyl groups is 1. The van der Waals surface area contributed by atoms with Crippen molar-refractivity contribution in [3.8, 4) is 5.75 Å². The molecule has 0 saturated carbocycles. The summed E-state index contributed by atoms with van der Waals surface area (Å²) < 4.78 is 0. The Hall–Kier alpha value is -2.34. The highest BCUT2D eigenvalue weighted by Gasteiger charge is 2.22. The molecular formula is C14H18N2O4. The van der Waals surface area contributed by atoms with Crippen molar-refractivity contribution >= 4 is 11.9 Å². The summed E-state index contributed by atoms with van der Waals surface area (Å²) in [6, 6.07) is 4.43. The first-order valence-corrected chi connectivity index (χ1v) is 6.11. The molecule has 0 aliphatic rings. The van der Waals surface area contributed by atoms with E-state index in [1.54, 1.807) is 12.1 Å². The molecule has 0 heterocycles. The first-order valence-electron chi connectivity index (χ1n) is 6.11. The van der Waals surface area contributed by atoms with Crippen LogP contribution in [-0.4, -0.2) is 34.2 Å². The summed E-state index contributed by atoms with van der Waals surface area (Å²) >= 11 is 0. The predicted molar refractivity (Wildman–Crippen MR) is 74.2 cm³/mol. The average molecular weight is 278 g/mol. The average Bonchev–Trinajstić information content (AvgIpc) is 2.40. The lowest BCUT2D eigenvalue weighted by atomic mass is 10.1. The van der Waals surface area contributed by atoms with E-state index >= 15 is 0 Å². The van der Waals surface area contributed by atoms with Crippen molar-refractivity contribution in [2.45, 2.75) is 24.9 Å². The third-order valence-corrected chi connectivity index (χ3v) is 2.75. The number of nitrogens with one attached hydrogen (secondary N) is 1. The van der Waals surface area contributed by atoms with Crippen molar-refractivity contribution in [1.29, 1.82) is 0 Å². The Balaban J connectivity index is 2.59. The molecule has 108 valence electrons. The second-order valence-corrected chi connectivity index (χ2v) is 4.40. The van der Waals surface area contributed by atoms with E-state index in [-0.39, 0.29) is 18.6 Å². The largest absolute Gasteiger partial charge is 0.508 e. The van der Waals surface area contributed by atoms with E-state index in [4.69, 9.17) is 15.9 Å². The predicted octanol–water partition coefficient (Wildman–Crippen LogP) is 0.407. The first-order chi connectivity index (χ1) is 9.43. The number of hydrogen-bond acceptors (Lipinski definition) is 4. The molecule has 0 spiro atoms. The van der Waals surface area contributed by atoms with Crippen molar-refractivity contribution in [2.24, 2.45) is 5.73 Å². The quantitative estimate of drug-likeness (QED) is 0.539. The van der Waals surface area contributed by atoms with Crippen LogP contribution in [-0.2, 0) is 16.0 Å². The van der Waals surface area contributed by atoms with Crippen LogP contribution in [0, 0.1) is 0 Å². The molecule has 1 aromatic rings. The van der Waals surface area contributed by atoms with Gasteiger partial charge >= 0.3 is 5.97 Å². The third-order valence-electron chi connectivity index (χ3n) is 2.75. The summed E-state index contributed by atoms with van der Waals surface area (Å²) in [5, 5.41) is 20.4. The van der Waals surface area contributed by atoms with E-state index in [0.29, 0.717) is 0 Å². The fourth-order valence-corrected chi connectivity index (χ4v) is 1.65. The van der Waals surface area contributed by atoms with Gasteiger partial charge in [-0.3, -0.25) is 4.79 Å². The number of aliphatic carboxylic acids is 1. The smallest absolute Gasteiger partial charge is 0.326 e. The van der Waals surface area contributed by atoms with Crippen molar-refractivity contribution in [2.75, 3.05) is 0 Å². The van der Waals surface area contributed by atoms with Gasteiger partial charge in [0, 0.05) is 0 Å². The molecule has 6 nitrogen and oxygen atoms in total. The standard InChI is InChI=1S/C14H18N2O4/c1-2-3-12(14(19)20)16-13(18)11(15)8-9-4-6-10(17)7-5-9/h2,4-7,11-12,17H,1,3,8,15H2,(H,16,18)(H,19,20). The highest BCUT2D eigenvalue weighted by Crippen LogP contribution is 2.11. The minimum atomic E-state index is -1.13. The molecule has 6 heteroatoms. The zero-order chi connectivity index (χ0) is 15.1. The van der Waals surface area contributed by atoms with Gasteiger partial charge < -0.3 is 21.3 Å². The molecule has 0 fully saturated rings. The maximum absolute atomic E-state index is 11.8. The number of carboxylic acids is 1. The molecule has 0 radical (unpaired) electrons. The highest BCUT2D eigenvalue weighted by molar-refractivity contribution is 5.87. The topological polar surface area (TPSA) is 113 Å². The third kappa shape index (κ3) is 4.74. The number of carbonyl (C=O) groups excluding carboxylic acids is 1. The van der Waals surface area contributed by atoms with Crippen LogP contribution >= 0.6 is 0 Å². The van der Waals surface area contributed by atoms with Crippen LogP contribution in [0.25, 0.3) is 0 Å². The molecule has 1 rings (SSSR count). The van der Waals surface area contributed by atoms with Crippen LogP contribution in [0.15, 0.2) is 36.9 Å². The van der Waals surface area contributed by atoms with E-state index in [1.807, 2.05) is 0 Å². The van der Waals surface area contributed by atoms with E-state index in [0.717, 1.165) is 5.56 Å². The number of phenols is 1. The monoisotopic (exact) mass is 278 g/mol. The fourth-order valence-electron chi connectivity index (χ4n) is 1.65. The first kappa shape index (κ1) is 15.7. The maximum atomic E-state index is 11.8. The molecule has 0 saturated heterocycles. The zero-order valence-electron chi connectivity index (χ0n) is 11.0. The van der Waals surface area contributed by atoms with Gasteiger partial charge in [0.05, 0.1) is 6.04 Å². The van der Waals surface area contributed by atoms with Gasteiger partial charge in [-0.2, -0.15) is 0 Å². The number of phenolic OH excluding ortho intramolecular Hbond substituents is 1. The molecule has 0 aromatic heterocycles. The highest BCUT2D eigenvalue weighted by atomic mass is 16.4. The van der Waals surface area contributed by atoms with Crippen molar-refractivity contribution in [3.05, 3.63) is 42.5 Å². The van der Waals surface area contributed by atoms with Crippen LogP contribution in [0.2, 0.25) is 0 Å². The van der Waals surface area contributed by atoms with Crippen LogP contribution < -0.4 is 11.1 Å². The van der Waals surface area contributed by atoms with Gasteiger partial charge in [-0.05, 0) is 30.5 Å². The molecule has 1 aromatic carbocycles. The molecular weight excluding hydrogens is 260 g/mol. The summed E-state index contributed by atoms with van der Waals surface area (Å²) in [6.45, 7) is 3.44. The fraction of sp³-hybridized carbons (Fsp3) is 0.286. The maximum Gasteiger partial charge on any atom is 0.326 e. The lowest BCUT2D eigenvalue weighted by Crippen LogP contribution is -2.49. The lowest BCUT2D eigenvalue weighted by Gasteiger charge is -2.16. The number of hydrogen-bond donors (Lipinski definition) is 4. The minimum absolute atomic E-state index is 0.128.